The third-order valence-corrected chi connectivity index (χ3v) is 4.54. The van der Waals surface area contributed by atoms with Gasteiger partial charge >= 0.3 is 0 Å². The zero-order chi connectivity index (χ0) is 10.8. The molecule has 4 nitrogen and oxygen atoms in total. The van der Waals surface area contributed by atoms with Crippen molar-refractivity contribution in [3.63, 3.8) is 0 Å². The molecule has 2 N–H and O–H groups in total. The van der Waals surface area contributed by atoms with Gasteiger partial charge in [0.2, 0.25) is 0 Å². The standard InChI is InChI=1S/C9H20N2O2S/c1-3-4-5-11(2)9-7-14(12,13)6-8(9)10/h8-9H,3-7,10H2,1-2H3. The van der Waals surface area contributed by atoms with E-state index >= 15 is 0 Å². The molecule has 1 saturated heterocycles. The molecule has 0 amide bonds. The van der Waals surface area contributed by atoms with E-state index in [1.54, 1.807) is 0 Å². The maximum Gasteiger partial charge on any atom is 0.153 e. The second-order valence-electron chi connectivity index (χ2n) is 4.14. The quantitative estimate of drug-likeness (QED) is 0.715. The average Bonchev–Trinajstić information content (AvgIpc) is 2.35. The van der Waals surface area contributed by atoms with E-state index in [4.69, 9.17) is 5.73 Å². The molecule has 0 bridgehead atoms. The molecule has 2 unspecified atom stereocenters. The van der Waals surface area contributed by atoms with Crippen molar-refractivity contribution >= 4 is 9.84 Å². The first-order valence-electron chi connectivity index (χ1n) is 5.12. The Kier molecular flexibility index (Phi) is 3.92. The Morgan fingerprint density at radius 3 is 2.50 bits per heavy atom. The molecule has 1 fully saturated rings. The van der Waals surface area contributed by atoms with Crippen LogP contribution in [0, 0.1) is 0 Å². The number of rotatable bonds is 4. The van der Waals surface area contributed by atoms with Crippen LogP contribution in [0.25, 0.3) is 0 Å². The van der Waals surface area contributed by atoms with Crippen molar-refractivity contribution in [3.8, 4) is 0 Å². The third kappa shape index (κ3) is 2.93. The molecule has 0 aliphatic carbocycles. The molecule has 2 atom stereocenters. The molecular formula is C9H20N2O2S. The van der Waals surface area contributed by atoms with Crippen molar-refractivity contribution in [1.82, 2.24) is 4.90 Å². The highest BCUT2D eigenvalue weighted by molar-refractivity contribution is 7.91. The number of hydrogen-bond donors (Lipinski definition) is 1. The van der Waals surface area contributed by atoms with Gasteiger partial charge < -0.3 is 10.6 Å². The second-order valence-corrected chi connectivity index (χ2v) is 6.30. The number of sulfone groups is 1. The van der Waals surface area contributed by atoms with Gasteiger partial charge in [-0.15, -0.1) is 0 Å². The van der Waals surface area contributed by atoms with Crippen molar-refractivity contribution < 1.29 is 8.42 Å². The number of unbranched alkanes of at least 4 members (excludes halogenated alkanes) is 1. The molecule has 0 aromatic carbocycles. The summed E-state index contributed by atoms with van der Waals surface area (Å²) < 4.78 is 22.6. The van der Waals surface area contributed by atoms with E-state index in [1.165, 1.54) is 0 Å². The fourth-order valence-electron chi connectivity index (χ4n) is 1.88. The fourth-order valence-corrected chi connectivity index (χ4v) is 3.85. The molecule has 5 heteroatoms. The lowest BCUT2D eigenvalue weighted by Gasteiger charge is -2.26. The summed E-state index contributed by atoms with van der Waals surface area (Å²) in [6, 6.07) is -0.187. The number of hydrogen-bond acceptors (Lipinski definition) is 4. The minimum atomic E-state index is -2.88. The summed E-state index contributed by atoms with van der Waals surface area (Å²) in [6.45, 7) is 3.06. The van der Waals surface area contributed by atoms with E-state index in [9.17, 15) is 8.42 Å². The first-order valence-corrected chi connectivity index (χ1v) is 6.94. The van der Waals surface area contributed by atoms with Crippen LogP contribution in [0.2, 0.25) is 0 Å². The van der Waals surface area contributed by atoms with Crippen LogP contribution in [0.4, 0.5) is 0 Å². The summed E-state index contributed by atoms with van der Waals surface area (Å²) in [5.74, 6) is 0.377. The van der Waals surface area contributed by atoms with Gasteiger partial charge in [-0.1, -0.05) is 13.3 Å². The molecular weight excluding hydrogens is 200 g/mol. The molecule has 0 aromatic rings. The first-order chi connectivity index (χ1) is 6.46. The molecule has 84 valence electrons. The highest BCUT2D eigenvalue weighted by Gasteiger charge is 2.37. The Labute approximate surface area is 86.4 Å². The summed E-state index contributed by atoms with van der Waals surface area (Å²) in [6.07, 6.45) is 2.22. The number of nitrogens with two attached hydrogens (primary N) is 1. The van der Waals surface area contributed by atoms with Gasteiger partial charge in [-0.05, 0) is 20.0 Å². The second kappa shape index (κ2) is 4.59. The number of nitrogens with zero attached hydrogens (tertiary/aromatic N) is 1. The number of likely N-dealkylation sites (N-methyl/N-ethyl adjacent to an activating group) is 1. The molecule has 1 aliphatic heterocycles. The summed E-state index contributed by atoms with van der Waals surface area (Å²) in [5.41, 5.74) is 5.81. The topological polar surface area (TPSA) is 63.4 Å². The Morgan fingerprint density at radius 1 is 1.43 bits per heavy atom. The van der Waals surface area contributed by atoms with Gasteiger partial charge in [-0.25, -0.2) is 8.42 Å². The van der Waals surface area contributed by atoms with Crippen LogP contribution < -0.4 is 5.73 Å². The van der Waals surface area contributed by atoms with E-state index in [1.807, 2.05) is 7.05 Å². The van der Waals surface area contributed by atoms with Gasteiger partial charge in [0.05, 0.1) is 11.5 Å². The van der Waals surface area contributed by atoms with E-state index in [0.29, 0.717) is 0 Å². The molecule has 1 heterocycles. The van der Waals surface area contributed by atoms with Gasteiger partial charge in [0.15, 0.2) is 9.84 Å². The van der Waals surface area contributed by atoms with E-state index in [2.05, 4.69) is 11.8 Å². The lowest BCUT2D eigenvalue weighted by molar-refractivity contribution is 0.241. The summed E-state index contributed by atoms with van der Waals surface area (Å²) in [7, 11) is -0.922. The van der Waals surface area contributed by atoms with Crippen LogP contribution in [-0.4, -0.2) is 50.5 Å². The van der Waals surface area contributed by atoms with Gasteiger partial charge in [0, 0.05) is 12.1 Å². The SMILES string of the molecule is CCCCN(C)C1CS(=O)(=O)CC1N. The predicted molar refractivity (Wildman–Crippen MR) is 58.0 cm³/mol. The van der Waals surface area contributed by atoms with E-state index < -0.39 is 9.84 Å². The summed E-state index contributed by atoms with van der Waals surface area (Å²) in [4.78, 5) is 2.08. The fraction of sp³-hybridized carbons (Fsp3) is 1.00. The molecule has 0 aromatic heterocycles. The average molecular weight is 220 g/mol. The summed E-state index contributed by atoms with van der Waals surface area (Å²) in [5, 5.41) is 0. The predicted octanol–water partition coefficient (Wildman–Crippen LogP) is -0.157. The first kappa shape index (κ1) is 11.9. The molecule has 0 radical (unpaired) electrons. The highest BCUT2D eigenvalue weighted by atomic mass is 32.2. The zero-order valence-electron chi connectivity index (χ0n) is 8.94. The lowest BCUT2D eigenvalue weighted by atomic mass is 10.1. The Bertz CT molecular complexity index is 277. The van der Waals surface area contributed by atoms with Crippen molar-refractivity contribution in [2.75, 3.05) is 25.1 Å². The van der Waals surface area contributed by atoms with Crippen LogP contribution in [0.5, 0.6) is 0 Å². The van der Waals surface area contributed by atoms with E-state index in [-0.39, 0.29) is 23.6 Å². The van der Waals surface area contributed by atoms with Crippen LogP contribution in [0.3, 0.4) is 0 Å². The van der Waals surface area contributed by atoms with Crippen molar-refractivity contribution in [2.45, 2.75) is 31.8 Å². The Hall–Kier alpha value is -0.130. The Morgan fingerprint density at radius 2 is 2.07 bits per heavy atom. The third-order valence-electron chi connectivity index (χ3n) is 2.80. The molecule has 1 aliphatic rings. The minimum Gasteiger partial charge on any atom is -0.325 e. The van der Waals surface area contributed by atoms with Crippen LogP contribution in [-0.2, 0) is 9.84 Å². The van der Waals surface area contributed by atoms with Crippen LogP contribution in [0.15, 0.2) is 0 Å². The highest BCUT2D eigenvalue weighted by Crippen LogP contribution is 2.16. The van der Waals surface area contributed by atoms with Crippen LogP contribution >= 0.6 is 0 Å². The van der Waals surface area contributed by atoms with Gasteiger partial charge in [0.1, 0.15) is 0 Å². The van der Waals surface area contributed by atoms with Crippen LogP contribution in [0.1, 0.15) is 19.8 Å². The molecule has 0 saturated carbocycles. The van der Waals surface area contributed by atoms with E-state index in [0.717, 1.165) is 19.4 Å². The van der Waals surface area contributed by atoms with Gasteiger partial charge in [-0.3, -0.25) is 0 Å². The largest absolute Gasteiger partial charge is 0.325 e. The van der Waals surface area contributed by atoms with Crippen molar-refractivity contribution in [3.05, 3.63) is 0 Å². The Balaban J connectivity index is 2.52. The minimum absolute atomic E-state index is 0.0200. The van der Waals surface area contributed by atoms with Gasteiger partial charge in [0.25, 0.3) is 0 Å². The normalized spacial score (nSPS) is 31.1. The maximum atomic E-state index is 11.3. The van der Waals surface area contributed by atoms with Crippen molar-refractivity contribution in [2.24, 2.45) is 5.73 Å². The molecule has 1 rings (SSSR count). The maximum absolute atomic E-state index is 11.3. The summed E-state index contributed by atoms with van der Waals surface area (Å²) >= 11 is 0. The molecule has 14 heavy (non-hydrogen) atoms. The monoisotopic (exact) mass is 220 g/mol. The van der Waals surface area contributed by atoms with Gasteiger partial charge in [-0.2, -0.15) is 0 Å². The smallest absolute Gasteiger partial charge is 0.153 e. The lowest BCUT2D eigenvalue weighted by Crippen LogP contribution is -2.45. The van der Waals surface area contributed by atoms with Crippen molar-refractivity contribution in [1.29, 1.82) is 0 Å². The molecule has 0 spiro atoms. The zero-order valence-corrected chi connectivity index (χ0v) is 9.76.